The lowest BCUT2D eigenvalue weighted by Gasteiger charge is -2.31. The molecule has 2 aromatic carbocycles. The molecule has 3 heterocycles. The number of alkyl carbamates (subject to hydrolysis) is 1. The number of thiazole rings is 1. The molecule has 10 nitrogen and oxygen atoms in total. The Labute approximate surface area is 261 Å². The van der Waals surface area contributed by atoms with E-state index in [1.165, 1.54) is 27.4 Å². The molecule has 0 spiro atoms. The van der Waals surface area contributed by atoms with Crippen molar-refractivity contribution in [2.45, 2.75) is 66.9 Å². The van der Waals surface area contributed by atoms with Crippen LogP contribution in [0.25, 0.3) is 10.2 Å². The smallest absolute Gasteiger partial charge is 0.407 e. The third-order valence-corrected chi connectivity index (χ3v) is 11.7. The van der Waals surface area contributed by atoms with E-state index in [1.807, 2.05) is 57.4 Å². The lowest BCUT2D eigenvalue weighted by molar-refractivity contribution is -0.181. The number of hydrogen-bond donors (Lipinski definition) is 2. The van der Waals surface area contributed by atoms with E-state index in [0.29, 0.717) is 6.61 Å². The van der Waals surface area contributed by atoms with Crippen molar-refractivity contribution in [1.29, 1.82) is 0 Å². The van der Waals surface area contributed by atoms with Gasteiger partial charge in [0.1, 0.15) is 6.10 Å². The molecule has 0 bridgehead atoms. The normalized spacial score (nSPS) is 23.5. The highest BCUT2D eigenvalue weighted by Gasteiger charge is 2.53. The zero-order valence-electron chi connectivity index (χ0n) is 24.8. The minimum atomic E-state index is -3.98. The van der Waals surface area contributed by atoms with Gasteiger partial charge in [-0.1, -0.05) is 55.9 Å². The molecule has 0 saturated carbocycles. The number of ether oxygens (including phenoxy) is 3. The Morgan fingerprint density at radius 1 is 1.23 bits per heavy atom. The molecule has 0 radical (unpaired) electrons. The number of carbonyl (C=O) groups excluding carboxylic acids is 1. The highest BCUT2D eigenvalue weighted by Crippen LogP contribution is 2.42. The van der Waals surface area contributed by atoms with Crippen molar-refractivity contribution in [1.82, 2.24) is 14.6 Å². The Bertz CT molecular complexity index is 1520. The van der Waals surface area contributed by atoms with Crippen molar-refractivity contribution >= 4 is 49.4 Å². The van der Waals surface area contributed by atoms with Crippen molar-refractivity contribution in [2.24, 2.45) is 11.8 Å². The van der Waals surface area contributed by atoms with Crippen LogP contribution in [-0.4, -0.2) is 85.5 Å². The van der Waals surface area contributed by atoms with Gasteiger partial charge < -0.3 is 24.6 Å². The molecule has 5 rings (SSSR count). The maximum atomic E-state index is 13.9. The second-order valence-corrected chi connectivity index (χ2v) is 15.6. The number of nitrogens with one attached hydrogen (secondary N) is 1. The summed E-state index contributed by atoms with van der Waals surface area (Å²) in [7, 11) is -3.98. The number of aliphatic hydroxyl groups is 1. The van der Waals surface area contributed by atoms with E-state index in [1.54, 1.807) is 18.2 Å². The fourth-order valence-corrected chi connectivity index (χ4v) is 8.93. The third kappa shape index (κ3) is 7.35. The lowest BCUT2D eigenvalue weighted by Crippen LogP contribution is -2.51. The summed E-state index contributed by atoms with van der Waals surface area (Å²) in [4.78, 5) is 17.8. The number of rotatable bonds is 12. The van der Waals surface area contributed by atoms with E-state index in [9.17, 15) is 18.3 Å². The summed E-state index contributed by atoms with van der Waals surface area (Å²) in [6.45, 7) is 6.44. The first-order valence-corrected chi connectivity index (χ1v) is 17.9. The van der Waals surface area contributed by atoms with Crippen molar-refractivity contribution in [3.05, 3.63) is 54.1 Å². The number of fused-ring (bicyclic) bond motifs is 2. The predicted molar refractivity (Wildman–Crippen MR) is 167 cm³/mol. The molecular weight excluding hydrogens is 611 g/mol. The molecule has 2 aliphatic rings. The summed E-state index contributed by atoms with van der Waals surface area (Å²) in [6, 6.07) is 13.5. The molecule has 2 fully saturated rings. The SMILES string of the molecule is CSc1nc2ccc(S(=O)(=O)N(CC(C)C)C[C@@H](O)[C@H](Cc3ccccc3)NC(=O)O[C@H]3CO[C@@]4(C)OCC[C@@H]34)cc2s1. The van der Waals surface area contributed by atoms with E-state index in [0.717, 1.165) is 26.5 Å². The highest BCUT2D eigenvalue weighted by molar-refractivity contribution is 8.00. The number of thioether (sulfide) groups is 1. The van der Waals surface area contributed by atoms with Gasteiger partial charge in [-0.3, -0.25) is 0 Å². The first-order chi connectivity index (χ1) is 20.5. The minimum Gasteiger partial charge on any atom is -0.443 e. The van der Waals surface area contributed by atoms with Crippen LogP contribution in [-0.2, 0) is 30.7 Å². The Morgan fingerprint density at radius 2 is 2.00 bits per heavy atom. The summed E-state index contributed by atoms with van der Waals surface area (Å²) in [5.41, 5.74) is 1.62. The largest absolute Gasteiger partial charge is 0.443 e. The highest BCUT2D eigenvalue weighted by atomic mass is 32.2. The molecule has 0 aliphatic carbocycles. The zero-order valence-corrected chi connectivity index (χ0v) is 27.2. The van der Waals surface area contributed by atoms with Crippen LogP contribution in [0.15, 0.2) is 57.8 Å². The van der Waals surface area contributed by atoms with E-state index in [-0.39, 0.29) is 42.8 Å². The molecular formula is C30H39N3O7S3. The monoisotopic (exact) mass is 649 g/mol. The van der Waals surface area contributed by atoms with Crippen LogP contribution in [0.4, 0.5) is 4.79 Å². The van der Waals surface area contributed by atoms with Gasteiger partial charge in [0.15, 0.2) is 10.1 Å². The maximum absolute atomic E-state index is 13.9. The molecule has 2 N–H and O–H groups in total. The number of amides is 1. The van der Waals surface area contributed by atoms with Crippen LogP contribution in [0.3, 0.4) is 0 Å². The Kier molecular flexibility index (Phi) is 10.0. The molecule has 1 amide bonds. The molecule has 2 aliphatic heterocycles. The van der Waals surface area contributed by atoms with Crippen LogP contribution in [0.5, 0.6) is 0 Å². The predicted octanol–water partition coefficient (Wildman–Crippen LogP) is 4.51. The molecule has 43 heavy (non-hydrogen) atoms. The van der Waals surface area contributed by atoms with E-state index in [2.05, 4.69) is 10.3 Å². The average molecular weight is 650 g/mol. The fourth-order valence-electron chi connectivity index (χ4n) is 5.68. The quantitative estimate of drug-likeness (QED) is 0.273. The summed E-state index contributed by atoms with van der Waals surface area (Å²) in [5, 5.41) is 14.4. The second-order valence-electron chi connectivity index (χ2n) is 11.6. The van der Waals surface area contributed by atoms with Gasteiger partial charge in [0.2, 0.25) is 10.0 Å². The Balaban J connectivity index is 1.35. The van der Waals surface area contributed by atoms with Crippen molar-refractivity contribution in [3.8, 4) is 0 Å². The maximum Gasteiger partial charge on any atom is 0.407 e. The number of sulfonamides is 1. The summed E-state index contributed by atoms with van der Waals surface area (Å²) in [6.07, 6.45) is 0.534. The Morgan fingerprint density at radius 3 is 2.72 bits per heavy atom. The first kappa shape index (κ1) is 32.1. The molecule has 234 valence electrons. The second kappa shape index (κ2) is 13.4. The lowest BCUT2D eigenvalue weighted by atomic mass is 9.96. The van der Waals surface area contributed by atoms with Gasteiger partial charge in [0.25, 0.3) is 0 Å². The van der Waals surface area contributed by atoms with Gasteiger partial charge in [-0.05, 0) is 55.7 Å². The topological polar surface area (TPSA) is 127 Å². The number of benzene rings is 2. The standard InChI is InChI=1S/C30H39N3O7S3/c1-19(2)16-33(43(36,37)21-10-11-23-27(15-21)42-29(32-23)41-4)17-25(34)24(14-20-8-6-5-7-9-20)31-28(35)40-26-18-39-30(3)22(26)12-13-38-30/h5-11,15,19,22,24-26,34H,12-14,16-18H2,1-4H3,(H,31,35)/t22-,24-,25+,26-,30+/m0/s1. The molecule has 2 saturated heterocycles. The van der Waals surface area contributed by atoms with E-state index in [4.69, 9.17) is 14.2 Å². The average Bonchev–Trinajstić information content (AvgIpc) is 3.65. The zero-order chi connectivity index (χ0) is 30.8. The number of hydrogen-bond acceptors (Lipinski definition) is 10. The van der Waals surface area contributed by atoms with E-state index >= 15 is 0 Å². The minimum absolute atomic E-state index is 0.00647. The van der Waals surface area contributed by atoms with Crippen LogP contribution >= 0.6 is 23.1 Å². The molecule has 1 aromatic heterocycles. The van der Waals surface area contributed by atoms with E-state index < -0.39 is 40.2 Å². The van der Waals surface area contributed by atoms with Crippen LogP contribution in [0.1, 0.15) is 32.8 Å². The van der Waals surface area contributed by atoms with Crippen molar-refractivity contribution in [2.75, 3.05) is 32.6 Å². The van der Waals surface area contributed by atoms with Crippen molar-refractivity contribution in [3.63, 3.8) is 0 Å². The fraction of sp³-hybridized carbons (Fsp3) is 0.533. The molecule has 5 atom stereocenters. The van der Waals surface area contributed by atoms with Gasteiger partial charge in [-0.2, -0.15) is 4.31 Å². The number of nitrogens with zero attached hydrogens (tertiary/aromatic N) is 2. The van der Waals surface area contributed by atoms with Crippen molar-refractivity contribution < 1.29 is 32.5 Å². The number of aromatic nitrogens is 1. The van der Waals surface area contributed by atoms with Crippen LogP contribution in [0.2, 0.25) is 0 Å². The van der Waals surface area contributed by atoms with Crippen LogP contribution in [0, 0.1) is 11.8 Å². The number of carbonyl (C=O) groups is 1. The summed E-state index contributed by atoms with van der Waals surface area (Å²) in [5.74, 6) is -0.850. The number of aliphatic hydroxyl groups excluding tert-OH is 1. The van der Waals surface area contributed by atoms with Gasteiger partial charge in [-0.15, -0.1) is 11.3 Å². The third-order valence-electron chi connectivity index (χ3n) is 7.91. The van der Waals surface area contributed by atoms with Gasteiger partial charge in [-0.25, -0.2) is 18.2 Å². The van der Waals surface area contributed by atoms with Gasteiger partial charge >= 0.3 is 6.09 Å². The van der Waals surface area contributed by atoms with Crippen LogP contribution < -0.4 is 5.32 Å². The van der Waals surface area contributed by atoms with Gasteiger partial charge in [0.05, 0.1) is 46.4 Å². The first-order valence-electron chi connectivity index (χ1n) is 14.4. The molecule has 13 heteroatoms. The summed E-state index contributed by atoms with van der Waals surface area (Å²) >= 11 is 2.95. The summed E-state index contributed by atoms with van der Waals surface area (Å²) < 4.78 is 48.1. The Hall–Kier alpha value is -2.26. The molecule has 0 unspecified atom stereocenters. The molecule has 3 aromatic rings. The van der Waals surface area contributed by atoms with Gasteiger partial charge in [0, 0.05) is 13.1 Å².